The number of benzene rings is 3. The van der Waals surface area contributed by atoms with E-state index in [1.54, 1.807) is 11.9 Å². The zero-order chi connectivity index (χ0) is 20.6. The lowest BCUT2D eigenvalue weighted by molar-refractivity contribution is 0.112. The number of amides is 2. The maximum Gasteiger partial charge on any atom is 0.319 e. The first kappa shape index (κ1) is 20.3. The Hall–Kier alpha value is -2.96. The van der Waals surface area contributed by atoms with Gasteiger partial charge in [0.05, 0.1) is 6.10 Å². The third-order valence-electron chi connectivity index (χ3n) is 4.91. The minimum Gasteiger partial charge on any atom is -0.376 e. The summed E-state index contributed by atoms with van der Waals surface area (Å²) in [5.74, 6) is 0. The van der Waals surface area contributed by atoms with Crippen LogP contribution in [-0.4, -0.2) is 25.3 Å². The summed E-state index contributed by atoms with van der Waals surface area (Å²) in [5.41, 5.74) is 4.10. The quantitative estimate of drug-likeness (QED) is 0.425. The van der Waals surface area contributed by atoms with E-state index in [1.165, 1.54) is 11.1 Å². The van der Waals surface area contributed by atoms with Gasteiger partial charge in [-0.2, -0.15) is 0 Å². The Kier molecular flexibility index (Phi) is 6.90. The molecule has 3 aromatic rings. The fourth-order valence-electron chi connectivity index (χ4n) is 3.33. The maximum absolute atomic E-state index is 12.0. The van der Waals surface area contributed by atoms with Gasteiger partial charge in [-0.1, -0.05) is 48.5 Å². The number of rotatable bonds is 7. The van der Waals surface area contributed by atoms with Gasteiger partial charge in [-0.05, 0) is 66.2 Å². The number of nitrogens with one attached hydrogen (secondary N) is 3. The molecule has 0 aromatic heterocycles. The summed E-state index contributed by atoms with van der Waals surface area (Å²) >= 11 is 1.57. The Bertz CT molecular complexity index is 958. The summed E-state index contributed by atoms with van der Waals surface area (Å²) in [7, 11) is 0. The van der Waals surface area contributed by atoms with Gasteiger partial charge >= 0.3 is 6.03 Å². The van der Waals surface area contributed by atoms with Crippen molar-refractivity contribution < 1.29 is 9.53 Å². The molecule has 1 fully saturated rings. The Morgan fingerprint density at radius 3 is 2.43 bits per heavy atom. The van der Waals surface area contributed by atoms with Gasteiger partial charge in [0.2, 0.25) is 0 Å². The lowest BCUT2D eigenvalue weighted by atomic mass is 10.1. The molecule has 2 amide bonds. The SMILES string of the molecule is O=C(NCC1CCCO1)Nc1ccc(NSc2ccccc2-c2ccccc2)cc1. The van der Waals surface area contributed by atoms with Crippen LogP contribution in [0.2, 0.25) is 0 Å². The summed E-state index contributed by atoms with van der Waals surface area (Å²) in [5, 5.41) is 5.72. The molecule has 4 rings (SSSR count). The molecule has 0 saturated carbocycles. The van der Waals surface area contributed by atoms with E-state index in [4.69, 9.17) is 4.74 Å². The van der Waals surface area contributed by atoms with Gasteiger partial charge in [0, 0.05) is 29.4 Å². The van der Waals surface area contributed by atoms with Crippen molar-refractivity contribution in [2.24, 2.45) is 0 Å². The molecule has 154 valence electrons. The molecule has 1 heterocycles. The first-order chi connectivity index (χ1) is 14.8. The third-order valence-corrected chi connectivity index (χ3v) is 5.82. The van der Waals surface area contributed by atoms with E-state index in [2.05, 4.69) is 45.7 Å². The van der Waals surface area contributed by atoms with Crippen molar-refractivity contribution in [1.82, 2.24) is 5.32 Å². The summed E-state index contributed by atoms with van der Waals surface area (Å²) in [6, 6.07) is 26.1. The molecule has 1 aliphatic rings. The van der Waals surface area contributed by atoms with Crippen LogP contribution in [0, 0.1) is 0 Å². The maximum atomic E-state index is 12.0. The molecule has 30 heavy (non-hydrogen) atoms. The Labute approximate surface area is 181 Å². The Balaban J connectivity index is 1.31. The van der Waals surface area contributed by atoms with E-state index in [0.717, 1.165) is 35.7 Å². The molecule has 0 radical (unpaired) electrons. The fourth-order valence-corrected chi connectivity index (χ4v) is 4.14. The summed E-state index contributed by atoms with van der Waals surface area (Å²) in [4.78, 5) is 13.2. The molecule has 1 aliphatic heterocycles. The predicted molar refractivity (Wildman–Crippen MR) is 124 cm³/mol. The fraction of sp³-hybridized carbons (Fsp3) is 0.208. The van der Waals surface area contributed by atoms with Crippen molar-refractivity contribution >= 4 is 29.4 Å². The van der Waals surface area contributed by atoms with Gasteiger partial charge in [0.15, 0.2) is 0 Å². The molecule has 1 unspecified atom stereocenters. The van der Waals surface area contributed by atoms with Crippen molar-refractivity contribution in [3.63, 3.8) is 0 Å². The molecule has 0 spiro atoms. The number of urea groups is 1. The van der Waals surface area contributed by atoms with Crippen LogP contribution in [0.1, 0.15) is 12.8 Å². The second kappa shape index (κ2) is 10.2. The van der Waals surface area contributed by atoms with Crippen LogP contribution in [0.15, 0.2) is 83.8 Å². The number of hydrogen-bond acceptors (Lipinski definition) is 4. The van der Waals surface area contributed by atoms with Crippen molar-refractivity contribution in [3.8, 4) is 11.1 Å². The van der Waals surface area contributed by atoms with Gasteiger partial charge in [-0.15, -0.1) is 0 Å². The monoisotopic (exact) mass is 419 g/mol. The zero-order valence-corrected chi connectivity index (χ0v) is 17.5. The lowest BCUT2D eigenvalue weighted by Gasteiger charge is -2.13. The third kappa shape index (κ3) is 5.55. The average molecular weight is 420 g/mol. The first-order valence-corrected chi connectivity index (χ1v) is 10.9. The molecule has 5 nitrogen and oxygen atoms in total. The summed E-state index contributed by atoms with van der Waals surface area (Å²) in [6.45, 7) is 1.33. The molecule has 1 saturated heterocycles. The highest BCUT2D eigenvalue weighted by Crippen LogP contribution is 2.32. The Morgan fingerprint density at radius 2 is 1.67 bits per heavy atom. The van der Waals surface area contributed by atoms with Crippen LogP contribution in [0.4, 0.5) is 16.2 Å². The highest BCUT2D eigenvalue weighted by Gasteiger charge is 2.16. The zero-order valence-electron chi connectivity index (χ0n) is 16.6. The van der Waals surface area contributed by atoms with Gasteiger partial charge in [0.1, 0.15) is 0 Å². The smallest absolute Gasteiger partial charge is 0.319 e. The van der Waals surface area contributed by atoms with Crippen LogP contribution >= 0.6 is 11.9 Å². The normalized spacial score (nSPS) is 15.5. The van der Waals surface area contributed by atoms with Crippen LogP contribution in [0.25, 0.3) is 11.1 Å². The van der Waals surface area contributed by atoms with Gasteiger partial charge in [-0.25, -0.2) is 4.79 Å². The van der Waals surface area contributed by atoms with Crippen LogP contribution in [-0.2, 0) is 4.74 Å². The number of anilines is 2. The Morgan fingerprint density at radius 1 is 0.933 bits per heavy atom. The highest BCUT2D eigenvalue weighted by atomic mass is 32.2. The highest BCUT2D eigenvalue weighted by molar-refractivity contribution is 8.00. The number of hydrogen-bond donors (Lipinski definition) is 3. The van der Waals surface area contributed by atoms with Crippen LogP contribution in [0.5, 0.6) is 0 Å². The van der Waals surface area contributed by atoms with Crippen molar-refractivity contribution in [2.75, 3.05) is 23.2 Å². The van der Waals surface area contributed by atoms with Crippen LogP contribution in [0.3, 0.4) is 0 Å². The topological polar surface area (TPSA) is 62.4 Å². The van der Waals surface area contributed by atoms with E-state index < -0.39 is 0 Å². The van der Waals surface area contributed by atoms with Crippen molar-refractivity contribution in [3.05, 3.63) is 78.9 Å². The number of carbonyl (C=O) groups excluding carboxylic acids is 1. The number of ether oxygens (including phenoxy) is 1. The molecule has 1 atom stereocenters. The van der Waals surface area contributed by atoms with Crippen molar-refractivity contribution in [2.45, 2.75) is 23.8 Å². The second-order valence-electron chi connectivity index (χ2n) is 7.11. The molecule has 3 N–H and O–H groups in total. The first-order valence-electron chi connectivity index (χ1n) is 10.1. The largest absolute Gasteiger partial charge is 0.376 e. The van der Waals surface area contributed by atoms with E-state index in [0.29, 0.717) is 6.54 Å². The predicted octanol–water partition coefficient (Wildman–Crippen LogP) is 5.77. The van der Waals surface area contributed by atoms with E-state index in [1.807, 2.05) is 48.5 Å². The van der Waals surface area contributed by atoms with Gasteiger partial charge in [-0.3, -0.25) is 0 Å². The summed E-state index contributed by atoms with van der Waals surface area (Å²) in [6.07, 6.45) is 2.21. The molecular formula is C24H25N3O2S. The standard InChI is InChI=1S/C24H25N3O2S/c28-24(25-17-21-9-6-16-29-21)26-19-12-14-20(15-13-19)27-30-23-11-5-4-10-22(23)18-7-2-1-3-8-18/h1-5,7-8,10-15,21,27H,6,9,16-17H2,(H2,25,26,28). The van der Waals surface area contributed by atoms with E-state index in [-0.39, 0.29) is 12.1 Å². The minimum absolute atomic E-state index is 0.137. The molecular weight excluding hydrogens is 394 g/mol. The van der Waals surface area contributed by atoms with E-state index >= 15 is 0 Å². The second-order valence-corrected chi connectivity index (χ2v) is 7.96. The lowest BCUT2D eigenvalue weighted by Crippen LogP contribution is -2.34. The van der Waals surface area contributed by atoms with Gasteiger partial charge < -0.3 is 20.1 Å². The summed E-state index contributed by atoms with van der Waals surface area (Å²) < 4.78 is 8.90. The molecule has 3 aromatic carbocycles. The molecule has 0 aliphatic carbocycles. The molecule has 6 heteroatoms. The average Bonchev–Trinajstić information content (AvgIpc) is 3.32. The molecule has 0 bridgehead atoms. The van der Waals surface area contributed by atoms with Crippen molar-refractivity contribution in [1.29, 1.82) is 0 Å². The van der Waals surface area contributed by atoms with Crippen LogP contribution < -0.4 is 15.4 Å². The number of carbonyl (C=O) groups is 1. The van der Waals surface area contributed by atoms with E-state index in [9.17, 15) is 4.79 Å². The van der Waals surface area contributed by atoms with Gasteiger partial charge in [0.25, 0.3) is 0 Å². The minimum atomic E-state index is -0.211.